The Morgan fingerprint density at radius 3 is 2.63 bits per heavy atom. The molecule has 106 valence electrons. The van der Waals surface area contributed by atoms with Gasteiger partial charge in [0.05, 0.1) is 7.11 Å². The highest BCUT2D eigenvalue weighted by Gasteiger charge is 2.19. The Morgan fingerprint density at radius 1 is 1.47 bits per heavy atom. The molecule has 1 atom stereocenters. The van der Waals surface area contributed by atoms with E-state index in [0.29, 0.717) is 6.54 Å². The maximum absolute atomic E-state index is 11.8. The summed E-state index contributed by atoms with van der Waals surface area (Å²) < 4.78 is 5.37. The lowest BCUT2D eigenvalue weighted by Gasteiger charge is -2.22. The number of rotatable bonds is 5. The third kappa shape index (κ3) is 3.68. The Labute approximate surface area is 114 Å². The highest BCUT2D eigenvalue weighted by Crippen LogP contribution is 2.26. The summed E-state index contributed by atoms with van der Waals surface area (Å²) in [6, 6.07) is 4.00. The number of aliphatic hydroxyl groups excluding tert-OH is 1. The molecule has 5 nitrogen and oxygen atoms in total. The van der Waals surface area contributed by atoms with Crippen molar-refractivity contribution in [1.82, 2.24) is 4.90 Å². The fourth-order valence-electron chi connectivity index (χ4n) is 2.14. The van der Waals surface area contributed by atoms with E-state index >= 15 is 0 Å². The number of aryl methyl sites for hydroxylation is 2. The Morgan fingerprint density at radius 2 is 2.11 bits per heavy atom. The molecule has 0 aliphatic rings. The predicted molar refractivity (Wildman–Crippen MR) is 74.0 cm³/mol. The minimum Gasteiger partial charge on any atom is -0.496 e. The monoisotopic (exact) mass is 266 g/mol. The maximum atomic E-state index is 11.8. The standard InChI is InChI=1S/C14H22N2O3/c1-9-5-10(2)13(19-4)11(6-9)8-16(3)14(18)12(17)7-15/h5-6,12,17H,7-8,15H2,1-4H3. The van der Waals surface area contributed by atoms with E-state index in [1.807, 2.05) is 26.0 Å². The molecule has 1 aromatic carbocycles. The number of carbonyl (C=O) groups excluding carboxylic acids is 1. The number of nitrogens with zero attached hydrogens (tertiary/aromatic N) is 1. The molecule has 0 saturated carbocycles. The minimum absolute atomic E-state index is 0.0762. The lowest BCUT2D eigenvalue weighted by Crippen LogP contribution is -2.40. The summed E-state index contributed by atoms with van der Waals surface area (Å²) in [6.45, 7) is 4.26. The maximum Gasteiger partial charge on any atom is 0.252 e. The molecule has 1 rings (SSSR count). The lowest BCUT2D eigenvalue weighted by molar-refractivity contribution is -0.138. The van der Waals surface area contributed by atoms with Gasteiger partial charge in [-0.15, -0.1) is 0 Å². The summed E-state index contributed by atoms with van der Waals surface area (Å²) in [5, 5.41) is 9.46. The van der Waals surface area contributed by atoms with E-state index in [1.54, 1.807) is 14.2 Å². The van der Waals surface area contributed by atoms with Gasteiger partial charge in [0.2, 0.25) is 0 Å². The topological polar surface area (TPSA) is 75.8 Å². The first-order chi connectivity index (χ1) is 8.90. The largest absolute Gasteiger partial charge is 0.496 e. The van der Waals surface area contributed by atoms with Crippen LogP contribution in [0.5, 0.6) is 5.75 Å². The first-order valence-electron chi connectivity index (χ1n) is 6.18. The van der Waals surface area contributed by atoms with Gasteiger partial charge in [-0.25, -0.2) is 0 Å². The average Bonchev–Trinajstić information content (AvgIpc) is 2.36. The average molecular weight is 266 g/mol. The molecule has 1 aromatic rings. The quantitative estimate of drug-likeness (QED) is 0.818. The number of ether oxygens (including phenoxy) is 1. The van der Waals surface area contributed by atoms with Gasteiger partial charge in [0, 0.05) is 25.7 Å². The van der Waals surface area contributed by atoms with E-state index < -0.39 is 6.10 Å². The number of hydrogen-bond donors (Lipinski definition) is 2. The molecule has 0 aliphatic heterocycles. The van der Waals surface area contributed by atoms with Gasteiger partial charge in [0.25, 0.3) is 5.91 Å². The Balaban J connectivity index is 2.96. The molecular formula is C14H22N2O3. The number of aliphatic hydroxyl groups is 1. The van der Waals surface area contributed by atoms with E-state index in [9.17, 15) is 9.90 Å². The van der Waals surface area contributed by atoms with Crippen LogP contribution in [0.15, 0.2) is 12.1 Å². The number of amides is 1. The second-order valence-electron chi connectivity index (χ2n) is 4.72. The SMILES string of the molecule is COc1c(C)cc(C)cc1CN(C)C(=O)C(O)CN. The summed E-state index contributed by atoms with van der Waals surface area (Å²) in [7, 11) is 3.25. The summed E-state index contributed by atoms with van der Waals surface area (Å²) in [5.41, 5.74) is 8.33. The van der Waals surface area contributed by atoms with Crippen LogP contribution in [0.4, 0.5) is 0 Å². The van der Waals surface area contributed by atoms with E-state index in [0.717, 1.165) is 22.4 Å². The molecule has 0 fully saturated rings. The zero-order valence-corrected chi connectivity index (χ0v) is 11.9. The molecule has 5 heteroatoms. The molecule has 3 N–H and O–H groups in total. The fraction of sp³-hybridized carbons (Fsp3) is 0.500. The summed E-state index contributed by atoms with van der Waals surface area (Å²) in [6.07, 6.45) is -1.15. The fourth-order valence-corrected chi connectivity index (χ4v) is 2.14. The molecule has 0 aromatic heterocycles. The number of hydrogen-bond acceptors (Lipinski definition) is 4. The van der Waals surface area contributed by atoms with Crippen LogP contribution in [0.1, 0.15) is 16.7 Å². The summed E-state index contributed by atoms with van der Waals surface area (Å²) >= 11 is 0. The van der Waals surface area contributed by atoms with Gasteiger partial charge in [-0.05, 0) is 19.4 Å². The summed E-state index contributed by atoms with van der Waals surface area (Å²) in [5.74, 6) is 0.385. The van der Waals surface area contributed by atoms with Gasteiger partial charge in [-0.2, -0.15) is 0 Å². The Bertz CT molecular complexity index is 460. The van der Waals surface area contributed by atoms with Gasteiger partial charge in [-0.3, -0.25) is 4.79 Å². The minimum atomic E-state index is -1.15. The van der Waals surface area contributed by atoms with Crippen LogP contribution in [0, 0.1) is 13.8 Å². The first-order valence-corrected chi connectivity index (χ1v) is 6.18. The molecule has 0 radical (unpaired) electrons. The van der Waals surface area contributed by atoms with E-state index in [-0.39, 0.29) is 12.5 Å². The van der Waals surface area contributed by atoms with Crippen molar-refractivity contribution in [1.29, 1.82) is 0 Å². The van der Waals surface area contributed by atoms with E-state index in [2.05, 4.69) is 0 Å². The van der Waals surface area contributed by atoms with Crippen LogP contribution in [-0.2, 0) is 11.3 Å². The number of likely N-dealkylation sites (N-methyl/N-ethyl adjacent to an activating group) is 1. The van der Waals surface area contributed by atoms with Crippen LogP contribution in [-0.4, -0.2) is 42.7 Å². The van der Waals surface area contributed by atoms with E-state index in [4.69, 9.17) is 10.5 Å². The van der Waals surface area contributed by atoms with Crippen molar-refractivity contribution in [3.8, 4) is 5.75 Å². The molecule has 19 heavy (non-hydrogen) atoms. The van der Waals surface area contributed by atoms with Gasteiger partial charge < -0.3 is 20.5 Å². The van der Waals surface area contributed by atoms with Crippen LogP contribution < -0.4 is 10.5 Å². The second-order valence-corrected chi connectivity index (χ2v) is 4.72. The summed E-state index contributed by atoms with van der Waals surface area (Å²) in [4.78, 5) is 13.3. The van der Waals surface area contributed by atoms with Crippen molar-refractivity contribution >= 4 is 5.91 Å². The van der Waals surface area contributed by atoms with Gasteiger partial charge in [-0.1, -0.05) is 17.7 Å². The van der Waals surface area contributed by atoms with E-state index in [1.165, 1.54) is 4.90 Å². The molecule has 0 bridgehead atoms. The number of methoxy groups -OCH3 is 1. The van der Waals surface area contributed by atoms with Crippen molar-refractivity contribution in [2.45, 2.75) is 26.5 Å². The number of nitrogens with two attached hydrogens (primary N) is 1. The highest BCUT2D eigenvalue weighted by atomic mass is 16.5. The Kier molecular flexibility index (Phi) is 5.32. The first kappa shape index (κ1) is 15.5. The van der Waals surface area contributed by atoms with Crippen molar-refractivity contribution < 1.29 is 14.6 Å². The van der Waals surface area contributed by atoms with Crippen LogP contribution in [0.25, 0.3) is 0 Å². The smallest absolute Gasteiger partial charge is 0.252 e. The van der Waals surface area contributed by atoms with Crippen LogP contribution in [0.2, 0.25) is 0 Å². The predicted octanol–water partition coefficient (Wildman–Crippen LogP) is 0.590. The molecule has 0 spiro atoms. The molecule has 0 saturated heterocycles. The van der Waals surface area contributed by atoms with Gasteiger partial charge >= 0.3 is 0 Å². The van der Waals surface area contributed by atoms with Crippen molar-refractivity contribution in [3.63, 3.8) is 0 Å². The zero-order chi connectivity index (χ0) is 14.6. The van der Waals surface area contributed by atoms with Crippen molar-refractivity contribution in [2.75, 3.05) is 20.7 Å². The van der Waals surface area contributed by atoms with Crippen LogP contribution >= 0.6 is 0 Å². The normalized spacial score (nSPS) is 12.1. The number of carbonyl (C=O) groups is 1. The van der Waals surface area contributed by atoms with Crippen molar-refractivity contribution in [3.05, 3.63) is 28.8 Å². The third-order valence-electron chi connectivity index (χ3n) is 2.99. The van der Waals surface area contributed by atoms with Gasteiger partial charge in [0.15, 0.2) is 0 Å². The zero-order valence-electron chi connectivity index (χ0n) is 11.9. The molecular weight excluding hydrogens is 244 g/mol. The molecule has 1 amide bonds. The lowest BCUT2D eigenvalue weighted by atomic mass is 10.0. The second kappa shape index (κ2) is 6.54. The third-order valence-corrected chi connectivity index (χ3v) is 2.99. The number of benzene rings is 1. The van der Waals surface area contributed by atoms with Crippen LogP contribution in [0.3, 0.4) is 0 Å². The molecule has 1 unspecified atom stereocenters. The Hall–Kier alpha value is -1.59. The molecule has 0 aliphatic carbocycles. The molecule has 0 heterocycles. The van der Waals surface area contributed by atoms with Gasteiger partial charge in [0.1, 0.15) is 11.9 Å². The van der Waals surface area contributed by atoms with Crippen molar-refractivity contribution in [2.24, 2.45) is 5.73 Å². The highest BCUT2D eigenvalue weighted by molar-refractivity contribution is 5.80.